The summed E-state index contributed by atoms with van der Waals surface area (Å²) in [6.45, 7) is 5.79. The van der Waals surface area contributed by atoms with E-state index >= 15 is 0 Å². The van der Waals surface area contributed by atoms with Gasteiger partial charge in [-0.1, -0.05) is 20.3 Å². The molecule has 0 bridgehead atoms. The molecule has 5 nitrogen and oxygen atoms in total. The summed E-state index contributed by atoms with van der Waals surface area (Å²) in [5.41, 5.74) is 5.76. The smallest absolute Gasteiger partial charge is 0.281 e. The van der Waals surface area contributed by atoms with Gasteiger partial charge in [0.25, 0.3) is 10.2 Å². The SMILES string of the molecule is CCCN(CCC)S(=O)(=O)N(C)C1CCCC1CN. The van der Waals surface area contributed by atoms with Crippen molar-refractivity contribution in [3.05, 3.63) is 0 Å². The molecule has 0 heterocycles. The molecular formula is C13H29N3O2S. The van der Waals surface area contributed by atoms with Gasteiger partial charge in [0.05, 0.1) is 0 Å². The van der Waals surface area contributed by atoms with Crippen LogP contribution in [0.5, 0.6) is 0 Å². The van der Waals surface area contributed by atoms with Crippen LogP contribution in [-0.4, -0.2) is 49.8 Å². The molecule has 114 valence electrons. The van der Waals surface area contributed by atoms with Crippen LogP contribution in [0.4, 0.5) is 0 Å². The number of nitrogens with zero attached hydrogens (tertiary/aromatic N) is 2. The molecule has 2 unspecified atom stereocenters. The highest BCUT2D eigenvalue weighted by atomic mass is 32.2. The Balaban J connectivity index is 2.84. The fraction of sp³-hybridized carbons (Fsp3) is 1.00. The van der Waals surface area contributed by atoms with Gasteiger partial charge in [-0.25, -0.2) is 0 Å². The Kier molecular flexibility index (Phi) is 6.73. The molecule has 0 aromatic carbocycles. The fourth-order valence-corrected chi connectivity index (χ4v) is 4.78. The van der Waals surface area contributed by atoms with Crippen LogP contribution in [0.2, 0.25) is 0 Å². The molecule has 2 N–H and O–H groups in total. The molecule has 1 aliphatic rings. The highest BCUT2D eigenvalue weighted by Crippen LogP contribution is 2.30. The topological polar surface area (TPSA) is 66.6 Å². The van der Waals surface area contributed by atoms with Crippen molar-refractivity contribution in [3.8, 4) is 0 Å². The van der Waals surface area contributed by atoms with Crippen molar-refractivity contribution in [2.24, 2.45) is 11.7 Å². The lowest BCUT2D eigenvalue weighted by Gasteiger charge is -2.33. The standard InChI is InChI=1S/C13H29N3O2S/c1-4-9-16(10-5-2)19(17,18)15(3)13-8-6-7-12(13)11-14/h12-13H,4-11,14H2,1-3H3. The van der Waals surface area contributed by atoms with Crippen LogP contribution in [0.25, 0.3) is 0 Å². The molecule has 1 fully saturated rings. The zero-order chi connectivity index (χ0) is 14.5. The van der Waals surface area contributed by atoms with Gasteiger partial charge < -0.3 is 5.73 Å². The van der Waals surface area contributed by atoms with E-state index in [1.54, 1.807) is 15.7 Å². The summed E-state index contributed by atoms with van der Waals surface area (Å²) in [6.07, 6.45) is 4.75. The summed E-state index contributed by atoms with van der Waals surface area (Å²) >= 11 is 0. The van der Waals surface area contributed by atoms with Gasteiger partial charge in [-0.05, 0) is 38.1 Å². The third-order valence-electron chi connectivity index (χ3n) is 4.02. The number of nitrogens with two attached hydrogens (primary N) is 1. The Labute approximate surface area is 118 Å². The van der Waals surface area contributed by atoms with Gasteiger partial charge in [-0.3, -0.25) is 0 Å². The monoisotopic (exact) mass is 291 g/mol. The Bertz CT molecular complexity index is 353. The second-order valence-corrected chi connectivity index (χ2v) is 7.41. The van der Waals surface area contributed by atoms with Crippen molar-refractivity contribution < 1.29 is 8.42 Å². The summed E-state index contributed by atoms with van der Waals surface area (Å²) in [5.74, 6) is 0.310. The first-order valence-corrected chi connectivity index (χ1v) is 8.81. The predicted octanol–water partition coefficient (Wildman–Crippen LogP) is 1.41. The predicted molar refractivity (Wildman–Crippen MR) is 79.0 cm³/mol. The molecule has 0 spiro atoms. The molecule has 19 heavy (non-hydrogen) atoms. The largest absolute Gasteiger partial charge is 0.330 e. The van der Waals surface area contributed by atoms with E-state index in [2.05, 4.69) is 0 Å². The van der Waals surface area contributed by atoms with Gasteiger partial charge in [0.1, 0.15) is 0 Å². The average Bonchev–Trinajstić information content (AvgIpc) is 2.85. The highest BCUT2D eigenvalue weighted by molar-refractivity contribution is 7.86. The number of hydrogen-bond donors (Lipinski definition) is 1. The lowest BCUT2D eigenvalue weighted by Crippen LogP contribution is -2.49. The quantitative estimate of drug-likeness (QED) is 0.735. The Morgan fingerprint density at radius 2 is 1.74 bits per heavy atom. The molecule has 0 amide bonds. The van der Waals surface area contributed by atoms with E-state index in [0.29, 0.717) is 25.6 Å². The van der Waals surface area contributed by atoms with Crippen LogP contribution in [-0.2, 0) is 10.2 Å². The molecule has 0 aromatic rings. The van der Waals surface area contributed by atoms with Crippen LogP contribution in [0.3, 0.4) is 0 Å². The lowest BCUT2D eigenvalue weighted by atomic mass is 10.0. The first-order chi connectivity index (χ1) is 8.98. The second-order valence-electron chi connectivity index (χ2n) is 5.42. The molecule has 0 radical (unpaired) electrons. The Hall–Kier alpha value is -0.170. The third-order valence-corrected chi connectivity index (χ3v) is 6.04. The average molecular weight is 291 g/mol. The van der Waals surface area contributed by atoms with Crippen LogP contribution in [0.15, 0.2) is 0 Å². The van der Waals surface area contributed by atoms with Gasteiger partial charge in [-0.2, -0.15) is 17.0 Å². The van der Waals surface area contributed by atoms with Crippen LogP contribution < -0.4 is 5.73 Å². The molecule has 0 saturated heterocycles. The summed E-state index contributed by atoms with van der Waals surface area (Å²) in [7, 11) is -1.63. The summed E-state index contributed by atoms with van der Waals surface area (Å²) in [4.78, 5) is 0. The Morgan fingerprint density at radius 3 is 2.21 bits per heavy atom. The van der Waals surface area contributed by atoms with E-state index in [1.807, 2.05) is 13.8 Å². The fourth-order valence-electron chi connectivity index (χ4n) is 2.97. The van der Waals surface area contributed by atoms with E-state index in [9.17, 15) is 8.42 Å². The van der Waals surface area contributed by atoms with Gasteiger partial charge in [0.15, 0.2) is 0 Å². The van der Waals surface area contributed by atoms with E-state index in [1.165, 1.54) is 0 Å². The minimum Gasteiger partial charge on any atom is -0.330 e. The molecule has 0 aliphatic heterocycles. The van der Waals surface area contributed by atoms with Gasteiger partial charge in [0.2, 0.25) is 0 Å². The van der Waals surface area contributed by atoms with E-state index in [0.717, 1.165) is 32.1 Å². The van der Waals surface area contributed by atoms with Crippen molar-refractivity contribution in [2.75, 3.05) is 26.7 Å². The first kappa shape index (κ1) is 16.9. The minimum atomic E-state index is -3.34. The zero-order valence-electron chi connectivity index (χ0n) is 12.5. The number of rotatable bonds is 8. The summed E-state index contributed by atoms with van der Waals surface area (Å²) < 4.78 is 28.5. The molecule has 1 aliphatic carbocycles. The molecular weight excluding hydrogens is 262 g/mol. The maximum absolute atomic E-state index is 12.7. The van der Waals surface area contributed by atoms with Crippen molar-refractivity contribution in [1.29, 1.82) is 0 Å². The molecule has 1 saturated carbocycles. The van der Waals surface area contributed by atoms with Crippen molar-refractivity contribution in [3.63, 3.8) is 0 Å². The summed E-state index contributed by atoms with van der Waals surface area (Å²) in [5, 5.41) is 0. The maximum Gasteiger partial charge on any atom is 0.281 e. The van der Waals surface area contributed by atoms with Crippen molar-refractivity contribution >= 4 is 10.2 Å². The first-order valence-electron chi connectivity index (χ1n) is 7.42. The maximum atomic E-state index is 12.7. The van der Waals surface area contributed by atoms with Crippen molar-refractivity contribution in [1.82, 2.24) is 8.61 Å². The second kappa shape index (κ2) is 7.57. The molecule has 1 rings (SSSR count). The highest BCUT2D eigenvalue weighted by Gasteiger charge is 2.37. The Morgan fingerprint density at radius 1 is 1.16 bits per heavy atom. The lowest BCUT2D eigenvalue weighted by molar-refractivity contribution is 0.274. The zero-order valence-corrected chi connectivity index (χ0v) is 13.3. The summed E-state index contributed by atoms with van der Waals surface area (Å²) in [6, 6.07) is 0.0752. The van der Waals surface area contributed by atoms with Gasteiger partial charge in [0, 0.05) is 26.2 Å². The normalized spacial score (nSPS) is 24.5. The molecule has 2 atom stereocenters. The van der Waals surface area contributed by atoms with Crippen LogP contribution in [0, 0.1) is 5.92 Å². The molecule has 6 heteroatoms. The van der Waals surface area contributed by atoms with E-state index in [-0.39, 0.29) is 6.04 Å². The third kappa shape index (κ3) is 3.90. The molecule has 0 aromatic heterocycles. The van der Waals surface area contributed by atoms with E-state index < -0.39 is 10.2 Å². The van der Waals surface area contributed by atoms with Crippen LogP contribution in [0.1, 0.15) is 46.0 Å². The van der Waals surface area contributed by atoms with Crippen LogP contribution >= 0.6 is 0 Å². The van der Waals surface area contributed by atoms with Gasteiger partial charge in [-0.15, -0.1) is 0 Å². The number of hydrogen-bond acceptors (Lipinski definition) is 3. The van der Waals surface area contributed by atoms with Gasteiger partial charge >= 0.3 is 0 Å². The van der Waals surface area contributed by atoms with Crippen molar-refractivity contribution in [2.45, 2.75) is 52.0 Å². The van der Waals surface area contributed by atoms with E-state index in [4.69, 9.17) is 5.73 Å². The minimum absolute atomic E-state index is 0.0752.